The van der Waals surface area contributed by atoms with Crippen molar-refractivity contribution in [1.82, 2.24) is 4.90 Å². The SMILES string of the molecule is CCC(C)N(CCCC(=O)OC)CCOC. The molecule has 96 valence electrons. The molecule has 0 spiro atoms. The van der Waals surface area contributed by atoms with Gasteiger partial charge in [0.2, 0.25) is 0 Å². The highest BCUT2D eigenvalue weighted by Gasteiger charge is 2.12. The van der Waals surface area contributed by atoms with Gasteiger partial charge in [0.25, 0.3) is 0 Å². The summed E-state index contributed by atoms with van der Waals surface area (Å²) in [4.78, 5) is 13.3. The van der Waals surface area contributed by atoms with Gasteiger partial charge >= 0.3 is 5.97 Å². The summed E-state index contributed by atoms with van der Waals surface area (Å²) in [5, 5.41) is 0. The normalized spacial score (nSPS) is 12.8. The van der Waals surface area contributed by atoms with E-state index in [2.05, 4.69) is 23.5 Å². The first-order valence-electron chi connectivity index (χ1n) is 5.95. The number of hydrogen-bond acceptors (Lipinski definition) is 4. The zero-order chi connectivity index (χ0) is 12.4. The van der Waals surface area contributed by atoms with Crippen molar-refractivity contribution in [3.05, 3.63) is 0 Å². The maximum Gasteiger partial charge on any atom is 0.305 e. The number of esters is 1. The Morgan fingerprint density at radius 1 is 1.31 bits per heavy atom. The van der Waals surface area contributed by atoms with Crippen LogP contribution in [0.5, 0.6) is 0 Å². The van der Waals surface area contributed by atoms with E-state index < -0.39 is 0 Å². The molecule has 0 amide bonds. The van der Waals surface area contributed by atoms with E-state index in [9.17, 15) is 4.79 Å². The highest BCUT2D eigenvalue weighted by Crippen LogP contribution is 2.05. The Morgan fingerprint density at radius 2 is 2.00 bits per heavy atom. The molecular weight excluding hydrogens is 206 g/mol. The van der Waals surface area contributed by atoms with Gasteiger partial charge in [0.15, 0.2) is 0 Å². The second-order valence-corrected chi connectivity index (χ2v) is 3.97. The van der Waals surface area contributed by atoms with Gasteiger partial charge in [-0.3, -0.25) is 9.69 Å². The van der Waals surface area contributed by atoms with Gasteiger partial charge in [-0.2, -0.15) is 0 Å². The van der Waals surface area contributed by atoms with Crippen LogP contribution >= 0.6 is 0 Å². The van der Waals surface area contributed by atoms with Crippen LogP contribution in [0.25, 0.3) is 0 Å². The molecule has 0 radical (unpaired) electrons. The van der Waals surface area contributed by atoms with Gasteiger partial charge in [0.1, 0.15) is 0 Å². The molecule has 0 bridgehead atoms. The van der Waals surface area contributed by atoms with Crippen LogP contribution in [-0.4, -0.2) is 50.8 Å². The molecule has 4 nitrogen and oxygen atoms in total. The Kier molecular flexibility index (Phi) is 9.24. The van der Waals surface area contributed by atoms with E-state index in [1.807, 2.05) is 0 Å². The van der Waals surface area contributed by atoms with Crippen molar-refractivity contribution in [2.24, 2.45) is 0 Å². The predicted octanol–water partition coefficient (Wildman–Crippen LogP) is 1.69. The lowest BCUT2D eigenvalue weighted by Crippen LogP contribution is -2.36. The van der Waals surface area contributed by atoms with Gasteiger partial charge in [0, 0.05) is 26.1 Å². The number of hydrogen-bond donors (Lipinski definition) is 0. The average molecular weight is 231 g/mol. The summed E-state index contributed by atoms with van der Waals surface area (Å²) in [5.74, 6) is -0.129. The Balaban J connectivity index is 3.86. The second-order valence-electron chi connectivity index (χ2n) is 3.97. The third-order valence-corrected chi connectivity index (χ3v) is 2.85. The summed E-state index contributed by atoms with van der Waals surface area (Å²) >= 11 is 0. The molecule has 0 aromatic carbocycles. The smallest absolute Gasteiger partial charge is 0.305 e. The number of nitrogens with zero attached hydrogens (tertiary/aromatic N) is 1. The Morgan fingerprint density at radius 3 is 2.50 bits per heavy atom. The highest BCUT2D eigenvalue weighted by molar-refractivity contribution is 5.69. The molecule has 0 aromatic rings. The minimum absolute atomic E-state index is 0.129. The number of carbonyl (C=O) groups is 1. The zero-order valence-corrected chi connectivity index (χ0v) is 11.0. The number of carbonyl (C=O) groups excluding carboxylic acids is 1. The summed E-state index contributed by atoms with van der Waals surface area (Å²) in [6.45, 7) is 6.96. The van der Waals surface area contributed by atoms with Crippen LogP contribution in [0.2, 0.25) is 0 Å². The molecule has 0 saturated carbocycles. The minimum atomic E-state index is -0.129. The first-order valence-corrected chi connectivity index (χ1v) is 5.95. The van der Waals surface area contributed by atoms with Gasteiger partial charge in [-0.15, -0.1) is 0 Å². The molecule has 0 heterocycles. The highest BCUT2D eigenvalue weighted by atomic mass is 16.5. The van der Waals surface area contributed by atoms with Gasteiger partial charge < -0.3 is 9.47 Å². The van der Waals surface area contributed by atoms with Crippen molar-refractivity contribution in [2.45, 2.75) is 39.2 Å². The molecular formula is C12H25NO3. The lowest BCUT2D eigenvalue weighted by molar-refractivity contribution is -0.140. The largest absolute Gasteiger partial charge is 0.469 e. The molecule has 1 unspecified atom stereocenters. The molecule has 0 rings (SSSR count). The van der Waals surface area contributed by atoms with Crippen molar-refractivity contribution >= 4 is 5.97 Å². The fraction of sp³-hybridized carbons (Fsp3) is 0.917. The van der Waals surface area contributed by atoms with Crippen molar-refractivity contribution in [3.8, 4) is 0 Å². The van der Waals surface area contributed by atoms with Crippen LogP contribution in [-0.2, 0) is 14.3 Å². The van der Waals surface area contributed by atoms with Crippen LogP contribution < -0.4 is 0 Å². The number of methoxy groups -OCH3 is 2. The molecule has 4 heteroatoms. The van der Waals surface area contributed by atoms with Crippen molar-refractivity contribution in [3.63, 3.8) is 0 Å². The topological polar surface area (TPSA) is 38.8 Å². The van der Waals surface area contributed by atoms with Crippen LogP contribution in [0.1, 0.15) is 33.1 Å². The summed E-state index contributed by atoms with van der Waals surface area (Å²) in [5.41, 5.74) is 0. The average Bonchev–Trinajstić information content (AvgIpc) is 2.32. The van der Waals surface area contributed by atoms with Gasteiger partial charge in [0.05, 0.1) is 13.7 Å². The van der Waals surface area contributed by atoms with Gasteiger partial charge in [-0.1, -0.05) is 6.92 Å². The molecule has 0 aliphatic rings. The minimum Gasteiger partial charge on any atom is -0.469 e. The van der Waals surface area contributed by atoms with Crippen LogP contribution in [0.3, 0.4) is 0 Å². The molecule has 1 atom stereocenters. The lowest BCUT2D eigenvalue weighted by atomic mass is 10.2. The predicted molar refractivity (Wildman–Crippen MR) is 64.5 cm³/mol. The Hall–Kier alpha value is -0.610. The molecule has 16 heavy (non-hydrogen) atoms. The maximum absolute atomic E-state index is 11.0. The van der Waals surface area contributed by atoms with E-state index in [1.165, 1.54) is 7.11 Å². The summed E-state index contributed by atoms with van der Waals surface area (Å²) in [7, 11) is 3.14. The molecule has 0 N–H and O–H groups in total. The zero-order valence-electron chi connectivity index (χ0n) is 11.0. The molecule has 0 fully saturated rings. The third-order valence-electron chi connectivity index (χ3n) is 2.85. The Labute approximate surface area is 98.9 Å². The molecule has 0 aliphatic carbocycles. The first kappa shape index (κ1) is 15.4. The quantitative estimate of drug-likeness (QED) is 0.566. The fourth-order valence-electron chi connectivity index (χ4n) is 1.55. The van der Waals surface area contributed by atoms with E-state index in [0.29, 0.717) is 12.5 Å². The van der Waals surface area contributed by atoms with Crippen molar-refractivity contribution in [1.29, 1.82) is 0 Å². The lowest BCUT2D eigenvalue weighted by Gasteiger charge is -2.27. The van der Waals surface area contributed by atoms with Crippen LogP contribution in [0.4, 0.5) is 0 Å². The fourth-order valence-corrected chi connectivity index (χ4v) is 1.55. The maximum atomic E-state index is 11.0. The van der Waals surface area contributed by atoms with Gasteiger partial charge in [-0.05, 0) is 26.3 Å². The monoisotopic (exact) mass is 231 g/mol. The summed E-state index contributed by atoms with van der Waals surface area (Å²) < 4.78 is 9.70. The van der Waals surface area contributed by atoms with E-state index >= 15 is 0 Å². The van der Waals surface area contributed by atoms with E-state index in [4.69, 9.17) is 4.74 Å². The number of ether oxygens (including phenoxy) is 2. The Bertz CT molecular complexity index is 185. The van der Waals surface area contributed by atoms with E-state index in [-0.39, 0.29) is 5.97 Å². The van der Waals surface area contributed by atoms with Crippen molar-refractivity contribution < 1.29 is 14.3 Å². The first-order chi connectivity index (χ1) is 7.65. The molecule has 0 saturated heterocycles. The number of rotatable bonds is 9. The van der Waals surface area contributed by atoms with Crippen LogP contribution in [0, 0.1) is 0 Å². The second kappa shape index (κ2) is 9.60. The molecule has 0 aliphatic heterocycles. The third kappa shape index (κ3) is 6.80. The standard InChI is InChI=1S/C12H25NO3/c1-5-11(2)13(9-10-15-3)8-6-7-12(14)16-4/h11H,5-10H2,1-4H3. The van der Waals surface area contributed by atoms with Crippen molar-refractivity contribution in [2.75, 3.05) is 33.9 Å². The van der Waals surface area contributed by atoms with E-state index in [0.717, 1.165) is 32.5 Å². The summed E-state index contributed by atoms with van der Waals surface area (Å²) in [6.07, 6.45) is 2.46. The summed E-state index contributed by atoms with van der Waals surface area (Å²) in [6, 6.07) is 0.535. The van der Waals surface area contributed by atoms with Gasteiger partial charge in [-0.25, -0.2) is 0 Å². The van der Waals surface area contributed by atoms with E-state index in [1.54, 1.807) is 7.11 Å². The molecule has 0 aromatic heterocycles. The van der Waals surface area contributed by atoms with Crippen LogP contribution in [0.15, 0.2) is 0 Å².